The van der Waals surface area contributed by atoms with Gasteiger partial charge in [0.1, 0.15) is 6.61 Å². The molecular weight excluding hydrogens is 454 g/mol. The lowest BCUT2D eigenvalue weighted by molar-refractivity contribution is 0.102. The molecule has 8 heteroatoms. The van der Waals surface area contributed by atoms with Crippen molar-refractivity contribution in [1.82, 2.24) is 5.32 Å². The summed E-state index contributed by atoms with van der Waals surface area (Å²) in [5.74, 6) is 0.219. The van der Waals surface area contributed by atoms with Gasteiger partial charge in [0.15, 0.2) is 0 Å². The molecule has 3 aromatic rings. The normalized spacial score (nSPS) is 18.9. The van der Waals surface area contributed by atoms with Crippen LogP contribution >= 0.6 is 0 Å². The maximum atomic E-state index is 13.1. The number of ether oxygens (including phenoxy) is 1. The molecule has 2 aliphatic rings. The zero-order chi connectivity index (χ0) is 24.9. The molecule has 36 heavy (non-hydrogen) atoms. The molecule has 1 aliphatic heterocycles. The van der Waals surface area contributed by atoms with Gasteiger partial charge in [-0.1, -0.05) is 42.5 Å². The monoisotopic (exact) mass is 485 g/mol. The molecule has 0 radical (unpaired) electrons. The highest BCUT2D eigenvalue weighted by molar-refractivity contribution is 6.06. The van der Waals surface area contributed by atoms with Crippen LogP contribution < -0.4 is 26.6 Å². The average molecular weight is 486 g/mol. The summed E-state index contributed by atoms with van der Waals surface area (Å²) < 4.78 is 5.40. The topological polar surface area (TPSA) is 109 Å². The standard InChI is InChI=1S/C28H31N5O3/c29-24-17-23(24)20-6-9-22(10-7-20)31-27(34)21-8-11-25(26(16-21)33-14-12-30-13-15-33)32-28(35)36-18-19-4-2-1-3-5-19/h1-11,16,23-24,30H,12-15,17-18,29H2,(H,31,34)(H,32,35)/t23-,24+/m0/s1. The molecular formula is C28H31N5O3. The van der Waals surface area contributed by atoms with E-state index in [9.17, 15) is 9.59 Å². The van der Waals surface area contributed by atoms with E-state index in [0.717, 1.165) is 49.5 Å². The van der Waals surface area contributed by atoms with Crippen LogP contribution in [-0.2, 0) is 11.3 Å². The lowest BCUT2D eigenvalue weighted by atomic mass is 10.1. The summed E-state index contributed by atoms with van der Waals surface area (Å²) in [4.78, 5) is 27.7. The number of nitrogens with one attached hydrogen (secondary N) is 3. The Balaban J connectivity index is 1.28. The van der Waals surface area contributed by atoms with Gasteiger partial charge in [-0.3, -0.25) is 10.1 Å². The van der Waals surface area contributed by atoms with Crippen LogP contribution in [0.4, 0.5) is 21.9 Å². The van der Waals surface area contributed by atoms with Gasteiger partial charge in [-0.05, 0) is 47.9 Å². The second-order valence-electron chi connectivity index (χ2n) is 9.24. The molecule has 0 bridgehead atoms. The molecule has 0 spiro atoms. The van der Waals surface area contributed by atoms with E-state index in [1.54, 1.807) is 12.1 Å². The molecule has 186 valence electrons. The van der Waals surface area contributed by atoms with E-state index in [1.807, 2.05) is 60.7 Å². The molecule has 1 saturated carbocycles. The van der Waals surface area contributed by atoms with Crippen LogP contribution in [0.15, 0.2) is 72.8 Å². The van der Waals surface area contributed by atoms with Crippen molar-refractivity contribution in [1.29, 1.82) is 0 Å². The maximum Gasteiger partial charge on any atom is 0.412 e. The van der Waals surface area contributed by atoms with Crippen molar-refractivity contribution in [2.24, 2.45) is 5.73 Å². The van der Waals surface area contributed by atoms with Gasteiger partial charge in [0, 0.05) is 49.4 Å². The van der Waals surface area contributed by atoms with Gasteiger partial charge >= 0.3 is 6.09 Å². The van der Waals surface area contributed by atoms with Crippen LogP contribution in [-0.4, -0.2) is 44.2 Å². The number of carbonyl (C=O) groups excluding carboxylic acids is 2. The van der Waals surface area contributed by atoms with Gasteiger partial charge in [-0.15, -0.1) is 0 Å². The zero-order valence-corrected chi connectivity index (χ0v) is 20.1. The van der Waals surface area contributed by atoms with E-state index in [4.69, 9.17) is 10.5 Å². The van der Waals surface area contributed by atoms with E-state index in [0.29, 0.717) is 17.2 Å². The Morgan fingerprint density at radius 3 is 2.39 bits per heavy atom. The Hall–Kier alpha value is -3.88. The van der Waals surface area contributed by atoms with Crippen LogP contribution in [0.5, 0.6) is 0 Å². The molecule has 2 amide bonds. The smallest absolute Gasteiger partial charge is 0.412 e. The number of anilines is 3. The van der Waals surface area contributed by atoms with E-state index < -0.39 is 6.09 Å². The highest BCUT2D eigenvalue weighted by atomic mass is 16.5. The number of nitrogens with zero attached hydrogens (tertiary/aromatic N) is 1. The van der Waals surface area contributed by atoms with Gasteiger partial charge in [-0.2, -0.15) is 0 Å². The first-order chi connectivity index (χ1) is 17.6. The largest absolute Gasteiger partial charge is 0.444 e. The first-order valence-corrected chi connectivity index (χ1v) is 12.3. The Morgan fingerprint density at radius 2 is 1.69 bits per heavy atom. The van der Waals surface area contributed by atoms with Crippen molar-refractivity contribution in [2.75, 3.05) is 41.7 Å². The molecule has 8 nitrogen and oxygen atoms in total. The maximum absolute atomic E-state index is 13.1. The van der Waals surface area contributed by atoms with Crippen LogP contribution in [0.1, 0.15) is 33.8 Å². The Labute approximate surface area is 210 Å². The number of hydrogen-bond acceptors (Lipinski definition) is 6. The first kappa shape index (κ1) is 23.8. The second kappa shape index (κ2) is 10.8. The van der Waals surface area contributed by atoms with Crippen LogP contribution in [0.25, 0.3) is 0 Å². The Bertz CT molecular complexity index is 1210. The van der Waals surface area contributed by atoms with Crippen LogP contribution in [0.2, 0.25) is 0 Å². The minimum atomic E-state index is -0.539. The predicted octanol–water partition coefficient (Wildman–Crippen LogP) is 3.91. The second-order valence-corrected chi connectivity index (χ2v) is 9.24. The van der Waals surface area contributed by atoms with E-state index in [1.165, 1.54) is 5.56 Å². The molecule has 2 atom stereocenters. The highest BCUT2D eigenvalue weighted by Crippen LogP contribution is 2.39. The summed E-state index contributed by atoms with van der Waals surface area (Å²) in [5.41, 5.74) is 10.7. The van der Waals surface area contributed by atoms with Crippen molar-refractivity contribution >= 4 is 29.1 Å². The van der Waals surface area contributed by atoms with E-state index in [-0.39, 0.29) is 18.6 Å². The third-order valence-corrected chi connectivity index (χ3v) is 6.60. The van der Waals surface area contributed by atoms with Crippen molar-refractivity contribution < 1.29 is 14.3 Å². The van der Waals surface area contributed by atoms with Gasteiger partial charge in [-0.25, -0.2) is 4.79 Å². The minimum Gasteiger partial charge on any atom is -0.444 e. The molecule has 5 rings (SSSR count). The highest BCUT2D eigenvalue weighted by Gasteiger charge is 2.34. The van der Waals surface area contributed by atoms with Gasteiger partial charge < -0.3 is 26.0 Å². The summed E-state index contributed by atoms with van der Waals surface area (Å²) in [6.45, 7) is 3.37. The third kappa shape index (κ3) is 5.84. The van der Waals surface area contributed by atoms with E-state index >= 15 is 0 Å². The fraction of sp³-hybridized carbons (Fsp3) is 0.286. The number of rotatable bonds is 7. The summed E-state index contributed by atoms with van der Waals surface area (Å²) in [7, 11) is 0. The number of nitrogens with two attached hydrogens (primary N) is 1. The van der Waals surface area contributed by atoms with E-state index in [2.05, 4.69) is 20.9 Å². The van der Waals surface area contributed by atoms with Crippen molar-refractivity contribution in [3.05, 3.63) is 89.5 Å². The number of benzene rings is 3. The summed E-state index contributed by atoms with van der Waals surface area (Å²) in [6, 6.07) is 22.9. The lowest BCUT2D eigenvalue weighted by Crippen LogP contribution is -2.44. The molecule has 0 aromatic heterocycles. The van der Waals surface area contributed by atoms with Gasteiger partial charge in [0.05, 0.1) is 11.4 Å². The Morgan fingerprint density at radius 1 is 0.972 bits per heavy atom. The van der Waals surface area contributed by atoms with Crippen molar-refractivity contribution in [3.8, 4) is 0 Å². The van der Waals surface area contributed by atoms with Crippen molar-refractivity contribution in [3.63, 3.8) is 0 Å². The molecule has 1 heterocycles. The Kier molecular flexibility index (Phi) is 7.16. The quantitative estimate of drug-likeness (QED) is 0.404. The fourth-order valence-electron chi connectivity index (χ4n) is 4.43. The summed E-state index contributed by atoms with van der Waals surface area (Å²) in [6.07, 6.45) is 0.476. The molecule has 3 aromatic carbocycles. The SMILES string of the molecule is N[C@@H]1C[C@H]1c1ccc(NC(=O)c2ccc(NC(=O)OCc3ccccc3)c(N3CCNCC3)c2)cc1. The first-order valence-electron chi connectivity index (χ1n) is 12.3. The van der Waals surface area contributed by atoms with Crippen molar-refractivity contribution in [2.45, 2.75) is 25.0 Å². The van der Waals surface area contributed by atoms with Crippen LogP contribution in [0, 0.1) is 0 Å². The number of hydrogen-bond donors (Lipinski definition) is 4. The molecule has 1 saturated heterocycles. The number of amides is 2. The number of piperazine rings is 1. The predicted molar refractivity (Wildman–Crippen MR) is 142 cm³/mol. The van der Waals surface area contributed by atoms with Crippen LogP contribution in [0.3, 0.4) is 0 Å². The minimum absolute atomic E-state index is 0.182. The zero-order valence-electron chi connectivity index (χ0n) is 20.1. The van der Waals surface area contributed by atoms with Gasteiger partial charge in [0.2, 0.25) is 0 Å². The average Bonchev–Trinajstić information content (AvgIpc) is 3.65. The molecule has 1 aliphatic carbocycles. The summed E-state index contributed by atoms with van der Waals surface area (Å²) >= 11 is 0. The number of carbonyl (C=O) groups is 2. The molecule has 0 unspecified atom stereocenters. The molecule has 5 N–H and O–H groups in total. The van der Waals surface area contributed by atoms with Gasteiger partial charge in [0.25, 0.3) is 5.91 Å². The summed E-state index contributed by atoms with van der Waals surface area (Å²) in [5, 5.41) is 9.16. The lowest BCUT2D eigenvalue weighted by Gasteiger charge is -2.31. The fourth-order valence-corrected chi connectivity index (χ4v) is 4.43. The molecule has 2 fully saturated rings. The third-order valence-electron chi connectivity index (χ3n) is 6.60.